The number of ether oxygens (including phenoxy) is 2. The molecular formula is C26H32N2O2S. The molecule has 1 unspecified atom stereocenters. The van der Waals surface area contributed by atoms with E-state index in [1.807, 2.05) is 18.2 Å². The molecule has 4 rings (SSSR count). The van der Waals surface area contributed by atoms with Crippen molar-refractivity contribution in [2.45, 2.75) is 58.5 Å². The minimum atomic E-state index is 0.175. The van der Waals surface area contributed by atoms with Gasteiger partial charge in [0.2, 0.25) is 0 Å². The summed E-state index contributed by atoms with van der Waals surface area (Å²) >= 11 is 1.79. The van der Waals surface area contributed by atoms with Crippen molar-refractivity contribution in [1.29, 1.82) is 0 Å². The maximum absolute atomic E-state index is 6.20. The van der Waals surface area contributed by atoms with Crippen LogP contribution < -0.4 is 4.90 Å². The summed E-state index contributed by atoms with van der Waals surface area (Å²) in [6.45, 7) is 5.38. The smallest absolute Gasteiger partial charge is 0.124 e. The number of rotatable bonds is 8. The Kier molecular flexibility index (Phi) is 7.06. The van der Waals surface area contributed by atoms with Gasteiger partial charge in [-0.3, -0.25) is 0 Å². The molecule has 0 saturated heterocycles. The number of nitrogens with zero attached hydrogens (tertiary/aromatic N) is 2. The summed E-state index contributed by atoms with van der Waals surface area (Å²) in [6.07, 6.45) is 3.66. The molecule has 4 nitrogen and oxygen atoms in total. The van der Waals surface area contributed by atoms with Crippen LogP contribution in [0.25, 0.3) is 10.6 Å². The van der Waals surface area contributed by atoms with Crippen molar-refractivity contribution < 1.29 is 9.47 Å². The number of benzene rings is 2. The molecule has 2 aromatic carbocycles. The van der Waals surface area contributed by atoms with Crippen LogP contribution in [0.15, 0.2) is 48.5 Å². The fraction of sp³-hybridized carbons (Fsp3) is 0.423. The summed E-state index contributed by atoms with van der Waals surface area (Å²) in [5.41, 5.74) is 5.91. The highest BCUT2D eigenvalue weighted by Gasteiger charge is 2.27. The van der Waals surface area contributed by atoms with E-state index in [9.17, 15) is 0 Å². The standard InChI is InChI=1S/C26H32N2O2S/c1-18(2)30-24-12-8-11-23-25(24)31-26(27-23)22-14-13-21(28(3)4)15-20(22)17-29-16-19-9-6-5-7-10-19/h5-7,9-10,13-15,18,24H,8,11-12,16-17H2,1-4H3. The van der Waals surface area contributed by atoms with Gasteiger partial charge in [-0.25, -0.2) is 4.98 Å². The number of aromatic nitrogens is 1. The molecule has 0 amide bonds. The molecule has 0 bridgehead atoms. The first kappa shape index (κ1) is 22.0. The number of fused-ring (bicyclic) bond motifs is 1. The van der Waals surface area contributed by atoms with Crippen molar-refractivity contribution in [2.75, 3.05) is 19.0 Å². The Bertz CT molecular complexity index is 998. The van der Waals surface area contributed by atoms with E-state index < -0.39 is 0 Å². The average Bonchev–Trinajstić information content (AvgIpc) is 3.19. The van der Waals surface area contributed by atoms with Crippen molar-refractivity contribution >= 4 is 17.0 Å². The van der Waals surface area contributed by atoms with Crippen LogP contribution in [0.3, 0.4) is 0 Å². The summed E-state index contributed by atoms with van der Waals surface area (Å²) in [4.78, 5) is 8.49. The van der Waals surface area contributed by atoms with Crippen molar-refractivity contribution in [1.82, 2.24) is 4.98 Å². The van der Waals surface area contributed by atoms with Crippen LogP contribution in [0.4, 0.5) is 5.69 Å². The predicted molar refractivity (Wildman–Crippen MR) is 129 cm³/mol. The van der Waals surface area contributed by atoms with Gasteiger partial charge in [0.1, 0.15) is 5.01 Å². The van der Waals surface area contributed by atoms with Crippen LogP contribution in [0.2, 0.25) is 0 Å². The molecule has 0 saturated carbocycles. The molecule has 0 fully saturated rings. The van der Waals surface area contributed by atoms with Crippen molar-refractivity contribution in [3.63, 3.8) is 0 Å². The molecule has 1 aliphatic rings. The molecule has 1 aromatic heterocycles. The van der Waals surface area contributed by atoms with E-state index in [0.29, 0.717) is 13.2 Å². The molecule has 1 aliphatic carbocycles. The second-order valence-electron chi connectivity index (χ2n) is 8.61. The van der Waals surface area contributed by atoms with Gasteiger partial charge < -0.3 is 14.4 Å². The lowest BCUT2D eigenvalue weighted by molar-refractivity contribution is -0.000975. The summed E-state index contributed by atoms with van der Waals surface area (Å²) in [5.74, 6) is 0. The fourth-order valence-corrected chi connectivity index (χ4v) is 5.24. The Labute approximate surface area is 189 Å². The number of aryl methyl sites for hydroxylation is 1. The van der Waals surface area contributed by atoms with Gasteiger partial charge in [-0.1, -0.05) is 30.3 Å². The number of hydrogen-bond acceptors (Lipinski definition) is 5. The molecule has 3 aromatic rings. The van der Waals surface area contributed by atoms with Crippen LogP contribution in [-0.4, -0.2) is 25.2 Å². The Hall–Kier alpha value is -2.21. The van der Waals surface area contributed by atoms with Gasteiger partial charge in [-0.15, -0.1) is 11.3 Å². The van der Waals surface area contributed by atoms with Gasteiger partial charge in [-0.05, 0) is 62.4 Å². The maximum Gasteiger partial charge on any atom is 0.124 e. The molecule has 1 heterocycles. The lowest BCUT2D eigenvalue weighted by atomic mass is 10.00. The molecule has 0 spiro atoms. The monoisotopic (exact) mass is 436 g/mol. The summed E-state index contributed by atoms with van der Waals surface area (Å²) in [5, 5.41) is 1.08. The number of hydrogen-bond donors (Lipinski definition) is 0. The lowest BCUT2D eigenvalue weighted by Crippen LogP contribution is -2.14. The van der Waals surface area contributed by atoms with Crippen LogP contribution in [0.1, 0.15) is 54.5 Å². The molecule has 31 heavy (non-hydrogen) atoms. The van der Waals surface area contributed by atoms with Crippen molar-refractivity contribution in [3.05, 3.63) is 70.2 Å². The normalized spacial score (nSPS) is 15.8. The SMILES string of the molecule is CC(C)OC1CCCc2nc(-c3ccc(N(C)C)cc3COCc3ccccc3)sc21. The molecule has 0 aliphatic heterocycles. The zero-order valence-corrected chi connectivity index (χ0v) is 19.7. The topological polar surface area (TPSA) is 34.6 Å². The molecule has 164 valence electrons. The van der Waals surface area contributed by atoms with Crippen LogP contribution in [0, 0.1) is 0 Å². The second kappa shape index (κ2) is 9.94. The third-order valence-corrected chi connectivity index (χ3v) is 6.76. The van der Waals surface area contributed by atoms with E-state index in [4.69, 9.17) is 14.5 Å². The van der Waals surface area contributed by atoms with Gasteiger partial charge in [0, 0.05) is 25.3 Å². The summed E-state index contributed by atoms with van der Waals surface area (Å²) in [7, 11) is 4.14. The van der Waals surface area contributed by atoms with E-state index in [1.165, 1.54) is 32.9 Å². The molecule has 0 radical (unpaired) electrons. The first-order chi connectivity index (χ1) is 15.0. The largest absolute Gasteiger partial charge is 0.378 e. The van der Waals surface area contributed by atoms with Crippen molar-refractivity contribution in [2.24, 2.45) is 0 Å². The van der Waals surface area contributed by atoms with Crippen LogP contribution in [0.5, 0.6) is 0 Å². The summed E-state index contributed by atoms with van der Waals surface area (Å²) in [6, 6.07) is 16.9. The Morgan fingerprint density at radius 1 is 1.10 bits per heavy atom. The predicted octanol–water partition coefficient (Wildman–Crippen LogP) is 6.40. The quantitative estimate of drug-likeness (QED) is 0.409. The van der Waals surface area contributed by atoms with Gasteiger partial charge >= 0.3 is 0 Å². The first-order valence-electron chi connectivity index (χ1n) is 11.1. The number of thiazole rings is 1. The Morgan fingerprint density at radius 3 is 2.65 bits per heavy atom. The van der Waals surface area contributed by atoms with Gasteiger partial charge in [0.25, 0.3) is 0 Å². The third kappa shape index (κ3) is 5.35. The molecule has 1 atom stereocenters. The number of anilines is 1. The van der Waals surface area contributed by atoms with Gasteiger partial charge in [0.05, 0.1) is 36.0 Å². The highest BCUT2D eigenvalue weighted by molar-refractivity contribution is 7.15. The summed E-state index contributed by atoms with van der Waals surface area (Å²) < 4.78 is 12.3. The highest BCUT2D eigenvalue weighted by Crippen LogP contribution is 2.41. The molecule has 0 N–H and O–H groups in total. The zero-order chi connectivity index (χ0) is 21.8. The van der Waals surface area contributed by atoms with Crippen LogP contribution in [-0.2, 0) is 29.1 Å². The molecule has 5 heteroatoms. The van der Waals surface area contributed by atoms with Gasteiger partial charge in [0.15, 0.2) is 0 Å². The second-order valence-corrected chi connectivity index (χ2v) is 9.64. The maximum atomic E-state index is 6.20. The van der Waals surface area contributed by atoms with E-state index in [1.54, 1.807) is 11.3 Å². The Morgan fingerprint density at radius 2 is 1.90 bits per heavy atom. The zero-order valence-electron chi connectivity index (χ0n) is 18.9. The fourth-order valence-electron chi connectivity index (χ4n) is 3.99. The van der Waals surface area contributed by atoms with Crippen LogP contribution >= 0.6 is 11.3 Å². The van der Waals surface area contributed by atoms with E-state index in [-0.39, 0.29) is 12.2 Å². The average molecular weight is 437 g/mol. The van der Waals surface area contributed by atoms with Crippen molar-refractivity contribution in [3.8, 4) is 10.6 Å². The van der Waals surface area contributed by atoms with E-state index in [2.05, 4.69) is 63.2 Å². The Balaban J connectivity index is 1.61. The minimum Gasteiger partial charge on any atom is -0.378 e. The minimum absolute atomic E-state index is 0.175. The van der Waals surface area contributed by atoms with E-state index >= 15 is 0 Å². The molecular weight excluding hydrogens is 404 g/mol. The van der Waals surface area contributed by atoms with E-state index in [0.717, 1.165) is 24.3 Å². The lowest BCUT2D eigenvalue weighted by Gasteiger charge is -2.23. The first-order valence-corrected chi connectivity index (χ1v) is 11.9. The third-order valence-electron chi connectivity index (χ3n) is 5.54. The van der Waals surface area contributed by atoms with Gasteiger partial charge in [-0.2, -0.15) is 0 Å². The highest BCUT2D eigenvalue weighted by atomic mass is 32.1.